The highest BCUT2D eigenvalue weighted by atomic mass is 19.2. The van der Waals surface area contributed by atoms with Crippen molar-refractivity contribution in [1.82, 2.24) is 5.32 Å². The molecule has 2 atom stereocenters. The van der Waals surface area contributed by atoms with E-state index in [0.29, 0.717) is 0 Å². The van der Waals surface area contributed by atoms with Crippen molar-refractivity contribution in [2.75, 3.05) is 0 Å². The summed E-state index contributed by atoms with van der Waals surface area (Å²) in [5, 5.41) is 11.2. The second kappa shape index (κ2) is 5.17. The number of aliphatic carboxylic acids is 1. The van der Waals surface area contributed by atoms with Gasteiger partial charge in [-0.15, -0.1) is 0 Å². The summed E-state index contributed by atoms with van der Waals surface area (Å²) in [6.45, 7) is 0. The Balaban J connectivity index is 2.05. The molecule has 1 aromatic carbocycles. The van der Waals surface area contributed by atoms with Crippen LogP contribution in [0.2, 0.25) is 0 Å². The molecule has 0 radical (unpaired) electrons. The lowest BCUT2D eigenvalue weighted by Gasteiger charge is -2.12. The van der Waals surface area contributed by atoms with Crippen LogP contribution >= 0.6 is 0 Å². The number of hydrogen-bond acceptors (Lipinski definition) is 2. The predicted molar refractivity (Wildman–Crippen MR) is 62.5 cm³/mol. The van der Waals surface area contributed by atoms with Crippen LogP contribution in [-0.4, -0.2) is 23.0 Å². The molecule has 0 saturated heterocycles. The van der Waals surface area contributed by atoms with Crippen LogP contribution in [0.15, 0.2) is 30.4 Å². The van der Waals surface area contributed by atoms with Crippen molar-refractivity contribution in [2.45, 2.75) is 12.5 Å². The SMILES string of the molecule is O=C(NC1C=CC(C(=O)O)C1)c1cccc(F)c1F. The van der Waals surface area contributed by atoms with E-state index in [2.05, 4.69) is 5.32 Å². The highest BCUT2D eigenvalue weighted by molar-refractivity contribution is 5.94. The van der Waals surface area contributed by atoms with Gasteiger partial charge in [-0.25, -0.2) is 8.78 Å². The molecule has 6 heteroatoms. The molecule has 1 amide bonds. The fourth-order valence-corrected chi connectivity index (χ4v) is 1.91. The quantitative estimate of drug-likeness (QED) is 0.819. The first-order valence-electron chi connectivity index (χ1n) is 5.65. The molecule has 0 fully saturated rings. The Labute approximate surface area is 107 Å². The van der Waals surface area contributed by atoms with Crippen LogP contribution in [0.3, 0.4) is 0 Å². The van der Waals surface area contributed by atoms with Gasteiger partial charge in [0, 0.05) is 6.04 Å². The van der Waals surface area contributed by atoms with E-state index in [1.54, 1.807) is 0 Å². The summed E-state index contributed by atoms with van der Waals surface area (Å²) in [6.07, 6.45) is 3.21. The van der Waals surface area contributed by atoms with E-state index in [1.807, 2.05) is 0 Å². The molecule has 19 heavy (non-hydrogen) atoms. The first-order valence-corrected chi connectivity index (χ1v) is 5.65. The van der Waals surface area contributed by atoms with E-state index in [4.69, 9.17) is 5.11 Å². The summed E-state index contributed by atoms with van der Waals surface area (Å²) in [4.78, 5) is 22.5. The third-order valence-electron chi connectivity index (χ3n) is 2.91. The van der Waals surface area contributed by atoms with Crippen molar-refractivity contribution in [3.8, 4) is 0 Å². The standard InChI is InChI=1S/C13H11F2NO3/c14-10-3-1-2-9(11(10)15)12(17)16-8-5-4-7(6-8)13(18)19/h1-5,7-8H,6H2,(H,16,17)(H,18,19). The maximum Gasteiger partial charge on any atom is 0.310 e. The summed E-state index contributed by atoms with van der Waals surface area (Å²) in [5.74, 6) is -4.72. The van der Waals surface area contributed by atoms with Gasteiger partial charge in [0.15, 0.2) is 11.6 Å². The molecule has 1 aliphatic carbocycles. The Kier molecular flexibility index (Phi) is 3.59. The topological polar surface area (TPSA) is 66.4 Å². The zero-order chi connectivity index (χ0) is 14.0. The normalized spacial score (nSPS) is 21.4. The number of rotatable bonds is 3. The third kappa shape index (κ3) is 2.78. The molecule has 0 saturated carbocycles. The molecule has 1 aromatic rings. The van der Waals surface area contributed by atoms with Gasteiger partial charge in [0.25, 0.3) is 5.91 Å². The molecule has 0 heterocycles. The molecule has 4 nitrogen and oxygen atoms in total. The van der Waals surface area contributed by atoms with E-state index in [1.165, 1.54) is 24.3 Å². The minimum Gasteiger partial charge on any atom is -0.481 e. The van der Waals surface area contributed by atoms with Crippen LogP contribution < -0.4 is 5.32 Å². The lowest BCUT2D eigenvalue weighted by molar-refractivity contribution is -0.140. The Morgan fingerprint density at radius 3 is 2.63 bits per heavy atom. The number of amides is 1. The zero-order valence-electron chi connectivity index (χ0n) is 9.77. The van der Waals surface area contributed by atoms with Crippen LogP contribution in [0.5, 0.6) is 0 Å². The van der Waals surface area contributed by atoms with Gasteiger partial charge in [-0.05, 0) is 18.6 Å². The summed E-state index contributed by atoms with van der Waals surface area (Å²) in [5.41, 5.74) is -0.396. The van der Waals surface area contributed by atoms with Gasteiger partial charge < -0.3 is 10.4 Å². The molecule has 2 rings (SSSR count). The fraction of sp³-hybridized carbons (Fsp3) is 0.231. The highest BCUT2D eigenvalue weighted by Gasteiger charge is 2.26. The van der Waals surface area contributed by atoms with Gasteiger partial charge in [0.05, 0.1) is 11.5 Å². The molecular formula is C13H11F2NO3. The Morgan fingerprint density at radius 1 is 1.26 bits per heavy atom. The molecule has 100 valence electrons. The molecule has 1 aliphatic rings. The van der Waals surface area contributed by atoms with Gasteiger partial charge in [0.1, 0.15) is 0 Å². The minimum absolute atomic E-state index is 0.206. The van der Waals surface area contributed by atoms with E-state index in [0.717, 1.165) is 6.07 Å². The number of carboxylic acid groups (broad SMARTS) is 1. The summed E-state index contributed by atoms with van der Waals surface area (Å²) >= 11 is 0. The van der Waals surface area contributed by atoms with Gasteiger partial charge in [-0.3, -0.25) is 9.59 Å². The monoisotopic (exact) mass is 267 g/mol. The minimum atomic E-state index is -1.21. The van der Waals surface area contributed by atoms with Crippen LogP contribution in [0.4, 0.5) is 8.78 Å². The van der Waals surface area contributed by atoms with Crippen molar-refractivity contribution in [2.24, 2.45) is 5.92 Å². The summed E-state index contributed by atoms with van der Waals surface area (Å²) < 4.78 is 26.4. The van der Waals surface area contributed by atoms with E-state index >= 15 is 0 Å². The van der Waals surface area contributed by atoms with Gasteiger partial charge in [-0.1, -0.05) is 18.2 Å². The largest absolute Gasteiger partial charge is 0.481 e. The Hall–Kier alpha value is -2.24. The smallest absolute Gasteiger partial charge is 0.310 e. The molecule has 0 bridgehead atoms. The third-order valence-corrected chi connectivity index (χ3v) is 2.91. The number of carbonyl (C=O) groups is 2. The molecule has 0 spiro atoms. The molecule has 0 aliphatic heterocycles. The van der Waals surface area contributed by atoms with E-state index in [-0.39, 0.29) is 6.42 Å². The van der Waals surface area contributed by atoms with E-state index in [9.17, 15) is 18.4 Å². The number of halogens is 2. The van der Waals surface area contributed by atoms with Crippen LogP contribution in [-0.2, 0) is 4.79 Å². The first kappa shape index (κ1) is 13.2. The lowest BCUT2D eigenvalue weighted by atomic mass is 10.1. The number of carbonyl (C=O) groups excluding carboxylic acids is 1. The Morgan fingerprint density at radius 2 is 2.00 bits per heavy atom. The second-order valence-corrected chi connectivity index (χ2v) is 4.25. The molecule has 2 unspecified atom stereocenters. The van der Waals surface area contributed by atoms with Crippen molar-refractivity contribution in [1.29, 1.82) is 0 Å². The van der Waals surface area contributed by atoms with E-state index < -0.39 is 41.0 Å². The predicted octanol–water partition coefficient (Wildman–Crippen LogP) is 1.72. The number of hydrogen-bond donors (Lipinski definition) is 2. The van der Waals surface area contributed by atoms with Gasteiger partial charge in [0.2, 0.25) is 0 Å². The van der Waals surface area contributed by atoms with Crippen molar-refractivity contribution in [3.05, 3.63) is 47.5 Å². The van der Waals surface area contributed by atoms with Crippen molar-refractivity contribution < 1.29 is 23.5 Å². The Bertz CT molecular complexity index is 557. The van der Waals surface area contributed by atoms with Crippen LogP contribution in [0, 0.1) is 17.6 Å². The maximum absolute atomic E-state index is 13.4. The second-order valence-electron chi connectivity index (χ2n) is 4.25. The number of carboxylic acids is 1. The first-order chi connectivity index (χ1) is 8.99. The molecule has 2 N–H and O–H groups in total. The van der Waals surface area contributed by atoms with Crippen LogP contribution in [0.25, 0.3) is 0 Å². The maximum atomic E-state index is 13.4. The zero-order valence-corrected chi connectivity index (χ0v) is 9.77. The summed E-state index contributed by atoms with van der Waals surface area (Å²) in [6, 6.07) is 2.83. The lowest BCUT2D eigenvalue weighted by Crippen LogP contribution is -2.34. The van der Waals surface area contributed by atoms with Gasteiger partial charge >= 0.3 is 5.97 Å². The molecular weight excluding hydrogens is 256 g/mol. The van der Waals surface area contributed by atoms with Crippen molar-refractivity contribution >= 4 is 11.9 Å². The van der Waals surface area contributed by atoms with Gasteiger partial charge in [-0.2, -0.15) is 0 Å². The molecule has 0 aromatic heterocycles. The average molecular weight is 267 g/mol. The number of nitrogens with one attached hydrogen (secondary N) is 1. The average Bonchev–Trinajstić information content (AvgIpc) is 2.81. The fourth-order valence-electron chi connectivity index (χ4n) is 1.91. The highest BCUT2D eigenvalue weighted by Crippen LogP contribution is 2.19. The van der Waals surface area contributed by atoms with Crippen molar-refractivity contribution in [3.63, 3.8) is 0 Å². The number of benzene rings is 1. The van der Waals surface area contributed by atoms with Crippen LogP contribution in [0.1, 0.15) is 16.8 Å². The summed E-state index contributed by atoms with van der Waals surface area (Å²) in [7, 11) is 0.